The molecule has 0 spiro atoms. The molecule has 0 saturated heterocycles. The molecule has 0 radical (unpaired) electrons. The van der Waals surface area contributed by atoms with Crippen LogP contribution in [0.5, 0.6) is 5.75 Å². The smallest absolute Gasteiger partial charge is 0.275 e. The monoisotopic (exact) mass is 277 g/mol. The van der Waals surface area contributed by atoms with Gasteiger partial charge in [0.2, 0.25) is 0 Å². The van der Waals surface area contributed by atoms with Gasteiger partial charge in [0.25, 0.3) is 5.91 Å². The maximum Gasteiger partial charge on any atom is 0.275 e. The molecule has 0 saturated carbocycles. The average Bonchev–Trinajstić information content (AvgIpc) is 2.49. The van der Waals surface area contributed by atoms with Gasteiger partial charge in [0.05, 0.1) is 19.5 Å². The van der Waals surface area contributed by atoms with Crippen LogP contribution in [0.4, 0.5) is 15.9 Å². The van der Waals surface area contributed by atoms with E-state index in [0.717, 1.165) is 0 Å². The first-order chi connectivity index (χ1) is 9.63. The summed E-state index contributed by atoms with van der Waals surface area (Å²) in [7, 11) is 1.34. The second-order valence-corrected chi connectivity index (χ2v) is 3.73. The zero-order chi connectivity index (χ0) is 14.5. The molecule has 0 aliphatic heterocycles. The number of hydrazine groups is 1. The van der Waals surface area contributed by atoms with Gasteiger partial charge in [-0.05, 0) is 12.1 Å². The molecule has 1 amide bonds. The molecule has 1 aromatic heterocycles. The highest BCUT2D eigenvalue weighted by Gasteiger charge is 2.10. The van der Waals surface area contributed by atoms with E-state index in [1.54, 1.807) is 0 Å². The van der Waals surface area contributed by atoms with E-state index in [4.69, 9.17) is 10.6 Å². The van der Waals surface area contributed by atoms with Crippen LogP contribution in [-0.2, 0) is 0 Å². The molecule has 0 aliphatic rings. The third-order valence-electron chi connectivity index (χ3n) is 2.44. The first kappa shape index (κ1) is 13.7. The second kappa shape index (κ2) is 5.93. The van der Waals surface area contributed by atoms with E-state index < -0.39 is 11.7 Å². The molecule has 0 unspecified atom stereocenters. The first-order valence-corrected chi connectivity index (χ1v) is 5.57. The van der Waals surface area contributed by atoms with E-state index >= 15 is 0 Å². The van der Waals surface area contributed by atoms with Gasteiger partial charge in [0.15, 0.2) is 17.4 Å². The van der Waals surface area contributed by atoms with Gasteiger partial charge in [-0.1, -0.05) is 0 Å². The maximum absolute atomic E-state index is 13.2. The van der Waals surface area contributed by atoms with Crippen molar-refractivity contribution < 1.29 is 13.9 Å². The number of methoxy groups -OCH3 is 1. The van der Waals surface area contributed by atoms with Crippen molar-refractivity contribution in [2.24, 2.45) is 5.84 Å². The number of hydrogen-bond donors (Lipinski definition) is 3. The lowest BCUT2D eigenvalue weighted by molar-refractivity contribution is 0.102. The van der Waals surface area contributed by atoms with Gasteiger partial charge in [-0.2, -0.15) is 0 Å². The van der Waals surface area contributed by atoms with Crippen LogP contribution in [0.1, 0.15) is 10.5 Å². The highest BCUT2D eigenvalue weighted by atomic mass is 19.1. The Morgan fingerprint density at radius 1 is 1.35 bits per heavy atom. The minimum atomic E-state index is -0.510. The molecule has 20 heavy (non-hydrogen) atoms. The van der Waals surface area contributed by atoms with Gasteiger partial charge in [-0.25, -0.2) is 20.2 Å². The fourth-order valence-corrected chi connectivity index (χ4v) is 1.45. The van der Waals surface area contributed by atoms with Crippen LogP contribution in [0.2, 0.25) is 0 Å². The van der Waals surface area contributed by atoms with Crippen LogP contribution >= 0.6 is 0 Å². The summed E-state index contributed by atoms with van der Waals surface area (Å²) in [4.78, 5) is 19.6. The number of nitrogens with one attached hydrogen (secondary N) is 2. The van der Waals surface area contributed by atoms with Gasteiger partial charge in [-0.3, -0.25) is 4.79 Å². The highest BCUT2D eigenvalue weighted by Crippen LogP contribution is 2.21. The summed E-state index contributed by atoms with van der Waals surface area (Å²) in [6.45, 7) is 0. The van der Waals surface area contributed by atoms with Crippen molar-refractivity contribution in [2.75, 3.05) is 17.9 Å². The van der Waals surface area contributed by atoms with E-state index in [-0.39, 0.29) is 11.4 Å². The van der Waals surface area contributed by atoms with Crippen molar-refractivity contribution in [1.82, 2.24) is 9.97 Å². The lowest BCUT2D eigenvalue weighted by atomic mass is 10.2. The molecule has 2 aromatic rings. The number of carbonyl (C=O) groups excluding carboxylic acids is 1. The van der Waals surface area contributed by atoms with Crippen molar-refractivity contribution in [3.05, 3.63) is 42.1 Å². The first-order valence-electron chi connectivity index (χ1n) is 5.57. The number of carbonyl (C=O) groups is 1. The Morgan fingerprint density at radius 3 is 2.75 bits per heavy atom. The number of amides is 1. The van der Waals surface area contributed by atoms with Crippen molar-refractivity contribution in [2.45, 2.75) is 0 Å². The molecule has 1 aromatic carbocycles. The predicted octanol–water partition coefficient (Wildman–Crippen LogP) is 1.16. The fourth-order valence-electron chi connectivity index (χ4n) is 1.45. The molecule has 104 valence electrons. The summed E-state index contributed by atoms with van der Waals surface area (Å²) in [5.74, 6) is 4.53. The zero-order valence-electron chi connectivity index (χ0n) is 10.6. The van der Waals surface area contributed by atoms with Crippen molar-refractivity contribution in [1.29, 1.82) is 0 Å². The van der Waals surface area contributed by atoms with Crippen LogP contribution in [-0.4, -0.2) is 23.0 Å². The minimum absolute atomic E-state index is 0.0385. The van der Waals surface area contributed by atoms with Crippen LogP contribution in [0.15, 0.2) is 30.6 Å². The fraction of sp³-hybridized carbons (Fsp3) is 0.0833. The Balaban J connectivity index is 2.14. The highest BCUT2D eigenvalue weighted by molar-refractivity contribution is 6.02. The van der Waals surface area contributed by atoms with Crippen LogP contribution in [0.3, 0.4) is 0 Å². The summed E-state index contributed by atoms with van der Waals surface area (Å²) >= 11 is 0. The molecule has 8 heteroatoms. The Bertz CT molecular complexity index is 618. The number of anilines is 2. The number of nitrogens with two attached hydrogens (primary N) is 1. The predicted molar refractivity (Wildman–Crippen MR) is 70.7 cm³/mol. The van der Waals surface area contributed by atoms with E-state index in [1.165, 1.54) is 37.7 Å². The molecule has 0 fully saturated rings. The number of hydrogen-bond acceptors (Lipinski definition) is 6. The summed E-state index contributed by atoms with van der Waals surface area (Å²) in [5, 5.41) is 2.56. The number of rotatable bonds is 4. The largest absolute Gasteiger partial charge is 0.494 e. The molecular formula is C12H12FN5O2. The Kier molecular flexibility index (Phi) is 4.06. The van der Waals surface area contributed by atoms with Gasteiger partial charge in [-0.15, -0.1) is 0 Å². The number of nitrogens with zero attached hydrogens (tertiary/aromatic N) is 2. The standard InChI is InChI=1S/C12H12FN5O2/c1-20-10-4-7(2-3-8(10)13)17-12(19)9-5-16-11(18-14)6-15-9/h2-6H,14H2,1H3,(H,16,18)(H,17,19). The van der Waals surface area contributed by atoms with Gasteiger partial charge < -0.3 is 15.5 Å². The number of ether oxygens (including phenoxy) is 1. The molecule has 0 aliphatic carbocycles. The number of nitrogen functional groups attached to an aromatic ring is 1. The summed E-state index contributed by atoms with van der Waals surface area (Å²) < 4.78 is 18.1. The number of benzene rings is 1. The third-order valence-corrected chi connectivity index (χ3v) is 2.44. The summed E-state index contributed by atoms with van der Waals surface area (Å²) in [5.41, 5.74) is 2.79. The van der Waals surface area contributed by atoms with Crippen molar-refractivity contribution in [3.8, 4) is 5.75 Å². The van der Waals surface area contributed by atoms with E-state index in [0.29, 0.717) is 11.5 Å². The van der Waals surface area contributed by atoms with Gasteiger partial charge in [0.1, 0.15) is 5.69 Å². The van der Waals surface area contributed by atoms with Crippen LogP contribution < -0.4 is 21.3 Å². The summed E-state index contributed by atoms with van der Waals surface area (Å²) in [6, 6.07) is 3.98. The molecule has 0 atom stereocenters. The Morgan fingerprint density at radius 2 is 2.15 bits per heavy atom. The zero-order valence-corrected chi connectivity index (χ0v) is 10.6. The quantitative estimate of drug-likeness (QED) is 0.572. The van der Waals surface area contributed by atoms with Gasteiger partial charge in [0, 0.05) is 11.8 Å². The SMILES string of the molecule is COc1cc(NC(=O)c2cnc(NN)cn2)ccc1F. The molecule has 0 bridgehead atoms. The van der Waals surface area contributed by atoms with E-state index in [2.05, 4.69) is 20.7 Å². The molecule has 4 N–H and O–H groups in total. The van der Waals surface area contributed by atoms with Crippen LogP contribution in [0, 0.1) is 5.82 Å². The third kappa shape index (κ3) is 2.98. The Labute approximate surface area is 114 Å². The second-order valence-electron chi connectivity index (χ2n) is 3.73. The molecule has 2 rings (SSSR count). The van der Waals surface area contributed by atoms with Crippen LogP contribution in [0.25, 0.3) is 0 Å². The molecule has 1 heterocycles. The lowest BCUT2D eigenvalue weighted by Gasteiger charge is -2.07. The summed E-state index contributed by atoms with van der Waals surface area (Å²) in [6.07, 6.45) is 2.59. The number of halogens is 1. The normalized spacial score (nSPS) is 9.95. The van der Waals surface area contributed by atoms with E-state index in [1.807, 2.05) is 0 Å². The van der Waals surface area contributed by atoms with E-state index in [9.17, 15) is 9.18 Å². The van der Waals surface area contributed by atoms with Crippen molar-refractivity contribution >= 4 is 17.4 Å². The molecule has 7 nitrogen and oxygen atoms in total. The topological polar surface area (TPSA) is 102 Å². The minimum Gasteiger partial charge on any atom is -0.494 e. The van der Waals surface area contributed by atoms with Gasteiger partial charge >= 0.3 is 0 Å². The average molecular weight is 277 g/mol. The lowest BCUT2D eigenvalue weighted by Crippen LogP contribution is -2.15. The number of aromatic nitrogens is 2. The Hall–Kier alpha value is -2.74. The van der Waals surface area contributed by atoms with Crippen molar-refractivity contribution in [3.63, 3.8) is 0 Å². The maximum atomic E-state index is 13.2. The molecular weight excluding hydrogens is 265 g/mol.